The molecule has 0 bridgehead atoms. The van der Waals surface area contributed by atoms with Gasteiger partial charge in [-0.1, -0.05) is 0 Å². The van der Waals surface area contributed by atoms with Crippen LogP contribution in [-0.2, 0) is 12.8 Å². The highest BCUT2D eigenvalue weighted by Crippen LogP contribution is 2.40. The van der Waals surface area contributed by atoms with Gasteiger partial charge in [-0.05, 0) is 73.5 Å². The largest absolute Gasteiger partial charge is 0.508 e. The Balaban J connectivity index is 1.87. The number of hydrogen-bond acceptors (Lipinski definition) is 5. The van der Waals surface area contributed by atoms with Crippen molar-refractivity contribution in [2.45, 2.75) is 32.6 Å². The zero-order chi connectivity index (χ0) is 16.0. The summed E-state index contributed by atoms with van der Waals surface area (Å²) in [7, 11) is 0. The van der Waals surface area contributed by atoms with Crippen LogP contribution in [0.2, 0.25) is 5.28 Å². The van der Waals surface area contributed by atoms with Crippen molar-refractivity contribution in [1.29, 1.82) is 0 Å². The molecule has 2 heterocycles. The first-order valence-corrected chi connectivity index (χ1v) is 8.85. The summed E-state index contributed by atoms with van der Waals surface area (Å²) in [5.74, 6) is 1.01. The predicted octanol–water partition coefficient (Wildman–Crippen LogP) is 4.98. The van der Waals surface area contributed by atoms with E-state index in [1.165, 1.54) is 23.3 Å². The summed E-state index contributed by atoms with van der Waals surface area (Å²) in [6, 6.07) is 5.25. The molecule has 0 unspecified atom stereocenters. The third kappa shape index (κ3) is 2.64. The number of nitrogens with one attached hydrogen (secondary N) is 1. The number of anilines is 2. The molecular weight excluding hydrogens is 330 g/mol. The molecule has 1 aliphatic rings. The highest BCUT2D eigenvalue weighted by molar-refractivity contribution is 7.19. The van der Waals surface area contributed by atoms with Crippen LogP contribution in [0.4, 0.5) is 11.5 Å². The summed E-state index contributed by atoms with van der Waals surface area (Å²) >= 11 is 7.85. The van der Waals surface area contributed by atoms with Crippen molar-refractivity contribution < 1.29 is 5.11 Å². The molecule has 0 radical (unpaired) electrons. The van der Waals surface area contributed by atoms with Crippen LogP contribution >= 0.6 is 22.9 Å². The average Bonchev–Trinajstić information content (AvgIpc) is 2.88. The van der Waals surface area contributed by atoms with Gasteiger partial charge >= 0.3 is 0 Å². The van der Waals surface area contributed by atoms with Crippen molar-refractivity contribution in [1.82, 2.24) is 9.97 Å². The van der Waals surface area contributed by atoms with Crippen LogP contribution in [0.5, 0.6) is 5.75 Å². The monoisotopic (exact) mass is 345 g/mol. The second kappa shape index (κ2) is 5.65. The lowest BCUT2D eigenvalue weighted by atomic mass is 9.97. The topological polar surface area (TPSA) is 58.0 Å². The van der Waals surface area contributed by atoms with E-state index in [4.69, 9.17) is 11.6 Å². The van der Waals surface area contributed by atoms with Crippen LogP contribution in [0.3, 0.4) is 0 Å². The zero-order valence-corrected chi connectivity index (χ0v) is 14.3. The first-order chi connectivity index (χ1) is 11.1. The Kier molecular flexibility index (Phi) is 3.62. The van der Waals surface area contributed by atoms with Gasteiger partial charge in [-0.25, -0.2) is 4.98 Å². The van der Waals surface area contributed by atoms with Gasteiger partial charge < -0.3 is 10.4 Å². The Morgan fingerprint density at radius 2 is 2.04 bits per heavy atom. The van der Waals surface area contributed by atoms with E-state index in [-0.39, 0.29) is 11.0 Å². The van der Waals surface area contributed by atoms with E-state index in [0.29, 0.717) is 0 Å². The van der Waals surface area contributed by atoms with E-state index in [9.17, 15) is 5.11 Å². The lowest BCUT2D eigenvalue weighted by Gasteiger charge is -2.14. The number of phenols is 1. The Morgan fingerprint density at radius 1 is 1.22 bits per heavy atom. The molecule has 3 aromatic rings. The van der Waals surface area contributed by atoms with Gasteiger partial charge in [0.25, 0.3) is 0 Å². The summed E-state index contributed by atoms with van der Waals surface area (Å²) in [5.41, 5.74) is 3.23. The van der Waals surface area contributed by atoms with Crippen LogP contribution in [0.1, 0.15) is 28.8 Å². The third-order valence-electron chi connectivity index (χ3n) is 4.25. The minimum atomic E-state index is 0.256. The molecule has 118 valence electrons. The number of aromatic nitrogens is 2. The van der Waals surface area contributed by atoms with Crippen molar-refractivity contribution >= 4 is 44.7 Å². The first kappa shape index (κ1) is 14.7. The van der Waals surface area contributed by atoms with E-state index < -0.39 is 0 Å². The third-order valence-corrected chi connectivity index (χ3v) is 5.61. The first-order valence-electron chi connectivity index (χ1n) is 7.66. The molecule has 0 aliphatic heterocycles. The standard InChI is InChI=1S/C17H16ClN3OS/c1-9-8-10(22)6-7-12(9)19-15-14-11-4-2-3-5-13(11)23-16(14)21-17(18)20-15/h6-8,22H,2-5H2,1H3,(H,19,20,21). The van der Waals surface area contributed by atoms with Gasteiger partial charge in [-0.2, -0.15) is 4.98 Å². The minimum absolute atomic E-state index is 0.256. The van der Waals surface area contributed by atoms with Crippen LogP contribution in [0.25, 0.3) is 10.2 Å². The number of halogens is 1. The van der Waals surface area contributed by atoms with Crippen molar-refractivity contribution in [3.05, 3.63) is 39.5 Å². The Morgan fingerprint density at radius 3 is 2.87 bits per heavy atom. The van der Waals surface area contributed by atoms with Crippen molar-refractivity contribution in [2.24, 2.45) is 0 Å². The van der Waals surface area contributed by atoms with Gasteiger partial charge in [0, 0.05) is 10.6 Å². The molecule has 0 saturated carbocycles. The smallest absolute Gasteiger partial charge is 0.225 e. The molecule has 0 fully saturated rings. The maximum Gasteiger partial charge on any atom is 0.225 e. The van der Waals surface area contributed by atoms with Crippen molar-refractivity contribution in [3.63, 3.8) is 0 Å². The molecular formula is C17H16ClN3OS. The molecule has 6 heteroatoms. The average molecular weight is 346 g/mol. The van der Waals surface area contributed by atoms with E-state index in [1.54, 1.807) is 23.5 Å². The minimum Gasteiger partial charge on any atom is -0.508 e. The molecule has 0 spiro atoms. The number of rotatable bonds is 2. The fourth-order valence-electron chi connectivity index (χ4n) is 3.14. The summed E-state index contributed by atoms with van der Waals surface area (Å²) in [5, 5.41) is 14.3. The summed E-state index contributed by atoms with van der Waals surface area (Å²) in [6.45, 7) is 1.95. The van der Waals surface area contributed by atoms with Gasteiger partial charge in [0.15, 0.2) is 0 Å². The quantitative estimate of drug-likeness (QED) is 0.508. The van der Waals surface area contributed by atoms with Crippen LogP contribution in [-0.4, -0.2) is 15.1 Å². The van der Waals surface area contributed by atoms with E-state index in [1.807, 2.05) is 13.0 Å². The Hall–Kier alpha value is -1.85. The molecule has 1 aromatic carbocycles. The molecule has 2 N–H and O–H groups in total. The molecule has 2 aromatic heterocycles. The molecule has 1 aliphatic carbocycles. The number of fused-ring (bicyclic) bond motifs is 3. The number of aromatic hydroxyl groups is 1. The van der Waals surface area contributed by atoms with E-state index in [0.717, 1.165) is 40.1 Å². The van der Waals surface area contributed by atoms with Gasteiger partial charge in [0.1, 0.15) is 16.4 Å². The maximum atomic E-state index is 9.57. The number of aryl methyl sites for hydroxylation is 3. The number of phenolic OH excluding ortho intramolecular Hbond substituents is 1. The molecule has 4 nitrogen and oxygen atoms in total. The Bertz CT molecular complexity index is 906. The molecule has 0 atom stereocenters. The van der Waals surface area contributed by atoms with Gasteiger partial charge in [0.05, 0.1) is 5.39 Å². The fourth-order valence-corrected chi connectivity index (χ4v) is 4.62. The van der Waals surface area contributed by atoms with E-state index >= 15 is 0 Å². The predicted molar refractivity (Wildman–Crippen MR) is 95.2 cm³/mol. The zero-order valence-electron chi connectivity index (χ0n) is 12.7. The lowest BCUT2D eigenvalue weighted by Crippen LogP contribution is -2.02. The van der Waals surface area contributed by atoms with E-state index in [2.05, 4.69) is 15.3 Å². The second-order valence-electron chi connectivity index (χ2n) is 5.86. The summed E-state index contributed by atoms with van der Waals surface area (Å²) in [6.07, 6.45) is 4.63. The molecule has 23 heavy (non-hydrogen) atoms. The summed E-state index contributed by atoms with van der Waals surface area (Å²) in [4.78, 5) is 11.2. The van der Waals surface area contributed by atoms with Crippen molar-refractivity contribution in [2.75, 3.05) is 5.32 Å². The van der Waals surface area contributed by atoms with Crippen LogP contribution in [0.15, 0.2) is 18.2 Å². The van der Waals surface area contributed by atoms with Gasteiger partial charge in [0.2, 0.25) is 5.28 Å². The van der Waals surface area contributed by atoms with Crippen LogP contribution in [0, 0.1) is 6.92 Å². The normalized spacial score (nSPS) is 14.0. The number of hydrogen-bond donors (Lipinski definition) is 2. The van der Waals surface area contributed by atoms with Crippen molar-refractivity contribution in [3.8, 4) is 5.75 Å². The molecule has 0 saturated heterocycles. The van der Waals surface area contributed by atoms with Crippen LogP contribution < -0.4 is 5.32 Å². The maximum absolute atomic E-state index is 9.57. The highest BCUT2D eigenvalue weighted by atomic mass is 35.5. The number of benzene rings is 1. The second-order valence-corrected chi connectivity index (χ2v) is 7.28. The van der Waals surface area contributed by atoms with Gasteiger partial charge in [-0.15, -0.1) is 11.3 Å². The highest BCUT2D eigenvalue weighted by Gasteiger charge is 2.21. The van der Waals surface area contributed by atoms with Gasteiger partial charge in [-0.3, -0.25) is 0 Å². The SMILES string of the molecule is Cc1cc(O)ccc1Nc1nc(Cl)nc2sc3c(c12)CCCC3. The number of nitrogens with zero attached hydrogens (tertiary/aromatic N) is 2. The summed E-state index contributed by atoms with van der Waals surface area (Å²) < 4.78 is 0. The molecule has 0 amide bonds. The number of thiophene rings is 1. The lowest BCUT2D eigenvalue weighted by molar-refractivity contribution is 0.475. The molecule has 4 rings (SSSR count). The fraction of sp³-hybridized carbons (Fsp3) is 0.294. The Labute approximate surface area is 143 Å².